The van der Waals surface area contributed by atoms with Crippen LogP contribution in [-0.2, 0) is 30.8 Å². The van der Waals surface area contributed by atoms with Gasteiger partial charge in [-0.05, 0) is 43.9 Å². The molecule has 0 radical (unpaired) electrons. The summed E-state index contributed by atoms with van der Waals surface area (Å²) in [5.74, 6) is -1.24. The minimum Gasteiger partial charge on any atom is -0.350 e. The summed E-state index contributed by atoms with van der Waals surface area (Å²) in [7, 11) is -3.68. The number of nitrogens with zero attached hydrogens (tertiary/aromatic N) is 2. The molecular formula is C20H28N4O5S. The summed E-state index contributed by atoms with van der Waals surface area (Å²) < 4.78 is 24.0. The second-order valence-corrected chi connectivity index (χ2v) is 11.5. The first-order valence-corrected chi connectivity index (χ1v) is 11.5. The second-order valence-electron chi connectivity index (χ2n) is 8.77. The van der Waals surface area contributed by atoms with Gasteiger partial charge in [0.05, 0.1) is 11.2 Å². The molecule has 1 aromatic heterocycles. The highest BCUT2D eigenvalue weighted by atomic mass is 32.2. The molecule has 3 rings (SSSR count). The van der Waals surface area contributed by atoms with E-state index in [4.69, 9.17) is 0 Å². The first-order valence-electron chi connectivity index (χ1n) is 9.98. The largest absolute Gasteiger partial charge is 0.350 e. The van der Waals surface area contributed by atoms with E-state index >= 15 is 0 Å². The number of amides is 3. The summed E-state index contributed by atoms with van der Waals surface area (Å²) in [6.45, 7) is 7.04. The van der Waals surface area contributed by atoms with Gasteiger partial charge in [0.25, 0.3) is 0 Å². The molecular weight excluding hydrogens is 408 g/mol. The smallest absolute Gasteiger partial charge is 0.245 e. The van der Waals surface area contributed by atoms with Crippen molar-refractivity contribution in [3.63, 3.8) is 0 Å². The Balaban J connectivity index is 1.75. The zero-order valence-corrected chi connectivity index (χ0v) is 18.4. The monoisotopic (exact) mass is 436 g/mol. The molecule has 9 nitrogen and oxygen atoms in total. The molecule has 2 saturated heterocycles. The predicted octanol–water partition coefficient (Wildman–Crippen LogP) is 0.363. The molecule has 2 aliphatic rings. The highest BCUT2D eigenvalue weighted by Gasteiger charge is 2.67. The number of pyridine rings is 1. The Labute approximate surface area is 176 Å². The number of carbonyl (C=O) groups is 3. The average molecular weight is 437 g/mol. The third-order valence-electron chi connectivity index (χ3n) is 5.78. The maximum Gasteiger partial charge on any atom is 0.245 e. The zero-order valence-electron chi connectivity index (χ0n) is 17.6. The molecule has 3 unspecified atom stereocenters. The van der Waals surface area contributed by atoms with Crippen molar-refractivity contribution in [1.82, 2.24) is 20.5 Å². The van der Waals surface area contributed by atoms with Gasteiger partial charge in [0.15, 0.2) is 9.84 Å². The minimum atomic E-state index is -3.68. The molecule has 0 saturated carbocycles. The molecule has 0 aromatic carbocycles. The molecule has 2 N–H and O–H groups in total. The third-order valence-corrected chi connectivity index (χ3v) is 8.58. The van der Waals surface area contributed by atoms with Crippen LogP contribution in [0.15, 0.2) is 24.5 Å². The van der Waals surface area contributed by atoms with E-state index in [9.17, 15) is 22.8 Å². The van der Waals surface area contributed by atoms with Crippen molar-refractivity contribution in [2.75, 3.05) is 0 Å². The molecule has 0 aliphatic carbocycles. The summed E-state index contributed by atoms with van der Waals surface area (Å²) >= 11 is 0. The Bertz CT molecular complexity index is 945. The van der Waals surface area contributed by atoms with E-state index in [1.54, 1.807) is 24.5 Å². The van der Waals surface area contributed by atoms with Crippen LogP contribution in [0.1, 0.15) is 46.1 Å². The number of aromatic nitrogens is 1. The average Bonchev–Trinajstić information content (AvgIpc) is 2.79. The third kappa shape index (κ3) is 3.80. The number of fused-ring (bicyclic) bond motifs is 1. The van der Waals surface area contributed by atoms with Gasteiger partial charge in [-0.2, -0.15) is 0 Å². The summed E-state index contributed by atoms with van der Waals surface area (Å²) in [6.07, 6.45) is 3.53. The molecule has 3 heterocycles. The van der Waals surface area contributed by atoms with Gasteiger partial charge < -0.3 is 15.5 Å². The highest BCUT2D eigenvalue weighted by molar-refractivity contribution is 7.93. The number of carbonyl (C=O) groups excluding carboxylic acids is 3. The molecule has 10 heteroatoms. The molecule has 0 spiro atoms. The van der Waals surface area contributed by atoms with Gasteiger partial charge in [0.2, 0.25) is 17.7 Å². The first kappa shape index (κ1) is 22.2. The van der Waals surface area contributed by atoms with Gasteiger partial charge >= 0.3 is 0 Å². The summed E-state index contributed by atoms with van der Waals surface area (Å²) in [5, 5.41) is 4.54. The lowest BCUT2D eigenvalue weighted by atomic mass is 9.96. The molecule has 164 valence electrons. The SMILES string of the molecule is CC(C)CC(NC(=O)C1N2C(=O)CC2S(=O)(=O)C1(C)C)C(=O)NCc1ccncc1. The van der Waals surface area contributed by atoms with Crippen molar-refractivity contribution in [3.8, 4) is 0 Å². The molecule has 3 atom stereocenters. The van der Waals surface area contributed by atoms with Crippen LogP contribution in [0, 0.1) is 5.92 Å². The summed E-state index contributed by atoms with van der Waals surface area (Å²) in [4.78, 5) is 43.0. The van der Waals surface area contributed by atoms with Crippen LogP contribution in [0.25, 0.3) is 0 Å². The van der Waals surface area contributed by atoms with Crippen molar-refractivity contribution in [2.24, 2.45) is 5.92 Å². The van der Waals surface area contributed by atoms with Crippen LogP contribution in [0.2, 0.25) is 0 Å². The topological polar surface area (TPSA) is 126 Å². The fraction of sp³-hybridized carbons (Fsp3) is 0.600. The Hall–Kier alpha value is -2.49. The number of nitrogens with one attached hydrogen (secondary N) is 2. The quantitative estimate of drug-likeness (QED) is 0.595. The van der Waals surface area contributed by atoms with E-state index in [0.717, 1.165) is 10.5 Å². The van der Waals surface area contributed by atoms with E-state index in [2.05, 4.69) is 15.6 Å². The van der Waals surface area contributed by atoms with Crippen molar-refractivity contribution in [1.29, 1.82) is 0 Å². The second kappa shape index (κ2) is 7.98. The normalized spacial score (nSPS) is 24.7. The lowest BCUT2D eigenvalue weighted by Gasteiger charge is -2.37. The standard InChI is InChI=1S/C20H28N4O5S/c1-12(2)9-14(18(26)22-11-13-5-7-21-8-6-13)23-19(27)17-20(3,4)30(28,29)16-10-15(25)24(16)17/h5-8,12,14,16-17H,9-11H2,1-4H3,(H,22,26)(H,23,27). The number of rotatable bonds is 7. The fourth-order valence-corrected chi connectivity index (χ4v) is 6.15. The number of β-lactam (4-membered cyclic amide) rings is 1. The molecule has 1 aromatic rings. The molecule has 2 fully saturated rings. The van der Waals surface area contributed by atoms with Crippen LogP contribution >= 0.6 is 0 Å². The van der Waals surface area contributed by atoms with Gasteiger partial charge in [-0.1, -0.05) is 13.8 Å². The Morgan fingerprint density at radius 2 is 1.90 bits per heavy atom. The van der Waals surface area contributed by atoms with Gasteiger partial charge in [0, 0.05) is 18.9 Å². The van der Waals surface area contributed by atoms with E-state index in [-0.39, 0.29) is 30.7 Å². The van der Waals surface area contributed by atoms with Crippen LogP contribution in [0.4, 0.5) is 0 Å². The van der Waals surface area contributed by atoms with Crippen molar-refractivity contribution in [3.05, 3.63) is 30.1 Å². The van der Waals surface area contributed by atoms with Gasteiger partial charge in [-0.25, -0.2) is 8.42 Å². The first-order chi connectivity index (χ1) is 14.0. The van der Waals surface area contributed by atoms with Crippen LogP contribution in [0.3, 0.4) is 0 Å². The van der Waals surface area contributed by atoms with Gasteiger partial charge in [-0.15, -0.1) is 0 Å². The van der Waals surface area contributed by atoms with Crippen molar-refractivity contribution in [2.45, 2.75) is 69.3 Å². The number of hydrogen-bond acceptors (Lipinski definition) is 6. The maximum absolute atomic E-state index is 13.1. The van der Waals surface area contributed by atoms with E-state index in [1.165, 1.54) is 13.8 Å². The molecule has 2 aliphatic heterocycles. The Kier molecular flexibility index (Phi) is 5.90. The van der Waals surface area contributed by atoms with E-state index in [0.29, 0.717) is 6.42 Å². The summed E-state index contributed by atoms with van der Waals surface area (Å²) in [6, 6.07) is 1.56. The van der Waals surface area contributed by atoms with Crippen LogP contribution in [0.5, 0.6) is 0 Å². The van der Waals surface area contributed by atoms with Gasteiger partial charge in [-0.3, -0.25) is 19.4 Å². The Morgan fingerprint density at radius 1 is 1.27 bits per heavy atom. The number of sulfone groups is 1. The molecule has 3 amide bonds. The lowest BCUT2D eigenvalue weighted by Crippen LogP contribution is -2.61. The van der Waals surface area contributed by atoms with E-state index in [1.807, 2.05) is 13.8 Å². The predicted molar refractivity (Wildman–Crippen MR) is 110 cm³/mol. The van der Waals surface area contributed by atoms with Crippen molar-refractivity contribution >= 4 is 27.6 Å². The zero-order chi connectivity index (χ0) is 22.3. The number of hydrogen-bond donors (Lipinski definition) is 2. The lowest BCUT2D eigenvalue weighted by molar-refractivity contribution is -0.150. The molecule has 0 bridgehead atoms. The fourth-order valence-electron chi connectivity index (χ4n) is 4.02. The Morgan fingerprint density at radius 3 is 2.47 bits per heavy atom. The molecule has 30 heavy (non-hydrogen) atoms. The van der Waals surface area contributed by atoms with E-state index < -0.39 is 37.9 Å². The summed E-state index contributed by atoms with van der Waals surface area (Å²) in [5.41, 5.74) is 0.866. The minimum absolute atomic E-state index is 0.0998. The maximum atomic E-state index is 13.1. The van der Waals surface area contributed by atoms with Gasteiger partial charge in [0.1, 0.15) is 17.5 Å². The highest BCUT2D eigenvalue weighted by Crippen LogP contribution is 2.45. The van der Waals surface area contributed by atoms with Crippen molar-refractivity contribution < 1.29 is 22.8 Å². The van der Waals surface area contributed by atoms with Crippen LogP contribution < -0.4 is 10.6 Å². The van der Waals surface area contributed by atoms with Crippen LogP contribution in [-0.4, -0.2) is 58.2 Å².